The Balaban J connectivity index is 1.91. The molecule has 1 atom stereocenters. The van der Waals surface area contributed by atoms with Gasteiger partial charge in [-0.1, -0.05) is 0 Å². The number of nitrogens with zero attached hydrogens (tertiary/aromatic N) is 3. The van der Waals surface area contributed by atoms with Gasteiger partial charge >= 0.3 is 0 Å². The van der Waals surface area contributed by atoms with E-state index in [-0.39, 0.29) is 6.04 Å². The normalized spacial score (nSPS) is 12.9. The number of H-pyrrole nitrogens is 1. The average Bonchev–Trinajstić information content (AvgIpc) is 2.84. The van der Waals surface area contributed by atoms with Crippen molar-refractivity contribution in [1.82, 2.24) is 25.5 Å². The molecule has 2 aromatic heterocycles. The van der Waals surface area contributed by atoms with Gasteiger partial charge in [-0.15, -0.1) is 11.3 Å². The van der Waals surface area contributed by atoms with Crippen molar-refractivity contribution in [2.45, 2.75) is 33.4 Å². The van der Waals surface area contributed by atoms with E-state index in [4.69, 9.17) is 0 Å². The lowest BCUT2D eigenvalue weighted by Crippen LogP contribution is -2.18. The molecule has 5 nitrogen and oxygen atoms in total. The van der Waals surface area contributed by atoms with E-state index in [1.807, 2.05) is 20.0 Å². The minimum atomic E-state index is 0.282. The van der Waals surface area contributed by atoms with Crippen LogP contribution in [0.25, 0.3) is 0 Å². The maximum Gasteiger partial charge on any atom is 0.164 e. The molecule has 2 rings (SSSR count). The highest BCUT2D eigenvalue weighted by atomic mass is 32.1. The molecule has 0 aromatic carbocycles. The van der Waals surface area contributed by atoms with Gasteiger partial charge in [-0.2, -0.15) is 5.10 Å². The van der Waals surface area contributed by atoms with Crippen molar-refractivity contribution in [2.75, 3.05) is 0 Å². The molecule has 2 aromatic rings. The van der Waals surface area contributed by atoms with Gasteiger partial charge in [-0.3, -0.25) is 5.10 Å². The molecule has 2 heterocycles. The lowest BCUT2D eigenvalue weighted by atomic mass is 10.3. The highest BCUT2D eigenvalue weighted by Crippen LogP contribution is 2.19. The maximum absolute atomic E-state index is 4.24. The highest BCUT2D eigenvalue weighted by Gasteiger charge is 2.09. The molecule has 2 N–H and O–H groups in total. The van der Waals surface area contributed by atoms with Crippen LogP contribution in [-0.4, -0.2) is 20.2 Å². The van der Waals surface area contributed by atoms with Crippen LogP contribution < -0.4 is 5.32 Å². The van der Waals surface area contributed by atoms with Crippen molar-refractivity contribution in [3.8, 4) is 0 Å². The van der Waals surface area contributed by atoms with E-state index in [9.17, 15) is 0 Å². The summed E-state index contributed by atoms with van der Waals surface area (Å²) >= 11 is 1.71. The zero-order valence-electron chi connectivity index (χ0n) is 9.61. The molecule has 0 bridgehead atoms. The summed E-state index contributed by atoms with van der Waals surface area (Å²) in [6, 6.07) is 0.282. The third-order valence-corrected chi connectivity index (χ3v) is 3.37. The van der Waals surface area contributed by atoms with Gasteiger partial charge in [0.15, 0.2) is 5.82 Å². The first-order chi connectivity index (χ1) is 7.65. The molecule has 0 spiro atoms. The van der Waals surface area contributed by atoms with Crippen LogP contribution in [0.4, 0.5) is 0 Å². The van der Waals surface area contributed by atoms with Crippen molar-refractivity contribution in [3.05, 3.63) is 27.7 Å². The van der Waals surface area contributed by atoms with Crippen LogP contribution >= 0.6 is 11.3 Å². The first kappa shape index (κ1) is 11.2. The van der Waals surface area contributed by atoms with Gasteiger partial charge < -0.3 is 5.32 Å². The number of hydrogen-bond donors (Lipinski definition) is 2. The van der Waals surface area contributed by atoms with Crippen LogP contribution in [0, 0.1) is 13.8 Å². The van der Waals surface area contributed by atoms with Gasteiger partial charge in [0.2, 0.25) is 0 Å². The van der Waals surface area contributed by atoms with Crippen molar-refractivity contribution < 1.29 is 0 Å². The maximum atomic E-state index is 4.24. The van der Waals surface area contributed by atoms with Crippen molar-refractivity contribution >= 4 is 11.3 Å². The molecule has 0 aliphatic rings. The molecular weight excluding hydrogens is 222 g/mol. The molecule has 6 heteroatoms. The molecule has 0 saturated carbocycles. The number of nitrogens with one attached hydrogen (secondary N) is 2. The molecule has 0 radical (unpaired) electrons. The van der Waals surface area contributed by atoms with E-state index in [0.29, 0.717) is 6.54 Å². The van der Waals surface area contributed by atoms with Gasteiger partial charge in [0.25, 0.3) is 0 Å². The Hall–Kier alpha value is -1.27. The number of thiazole rings is 1. The minimum absolute atomic E-state index is 0.282. The third kappa shape index (κ3) is 2.65. The summed E-state index contributed by atoms with van der Waals surface area (Å²) < 4.78 is 0. The first-order valence-corrected chi connectivity index (χ1v) is 6.00. The average molecular weight is 237 g/mol. The summed E-state index contributed by atoms with van der Waals surface area (Å²) in [5.74, 6) is 1.64. The fourth-order valence-corrected chi connectivity index (χ4v) is 2.20. The van der Waals surface area contributed by atoms with Crippen LogP contribution in [0.15, 0.2) is 6.20 Å². The lowest BCUT2D eigenvalue weighted by Gasteiger charge is -2.09. The zero-order valence-corrected chi connectivity index (χ0v) is 10.4. The smallest absolute Gasteiger partial charge is 0.164 e. The number of aryl methyl sites for hydroxylation is 2. The number of rotatable bonds is 4. The van der Waals surface area contributed by atoms with Crippen molar-refractivity contribution in [1.29, 1.82) is 0 Å². The van der Waals surface area contributed by atoms with E-state index in [1.165, 1.54) is 4.88 Å². The van der Waals surface area contributed by atoms with E-state index in [2.05, 4.69) is 32.4 Å². The lowest BCUT2D eigenvalue weighted by molar-refractivity contribution is 0.567. The van der Waals surface area contributed by atoms with Crippen LogP contribution in [0.1, 0.15) is 34.5 Å². The second-order valence-electron chi connectivity index (χ2n) is 3.72. The van der Waals surface area contributed by atoms with Gasteiger partial charge in [-0.05, 0) is 20.8 Å². The van der Waals surface area contributed by atoms with Crippen molar-refractivity contribution in [2.24, 2.45) is 0 Å². The van der Waals surface area contributed by atoms with E-state index in [0.717, 1.165) is 16.7 Å². The molecule has 0 aliphatic heterocycles. The van der Waals surface area contributed by atoms with Crippen LogP contribution in [0.3, 0.4) is 0 Å². The minimum Gasteiger partial charge on any atom is -0.302 e. The second kappa shape index (κ2) is 4.71. The Morgan fingerprint density at radius 3 is 2.88 bits per heavy atom. The van der Waals surface area contributed by atoms with E-state index in [1.54, 1.807) is 11.3 Å². The predicted molar refractivity (Wildman–Crippen MR) is 63.2 cm³/mol. The highest BCUT2D eigenvalue weighted by molar-refractivity contribution is 7.11. The molecule has 0 aliphatic carbocycles. The largest absolute Gasteiger partial charge is 0.302 e. The van der Waals surface area contributed by atoms with Crippen LogP contribution in [0.5, 0.6) is 0 Å². The first-order valence-electron chi connectivity index (χ1n) is 5.18. The fourth-order valence-electron chi connectivity index (χ4n) is 1.39. The van der Waals surface area contributed by atoms with Gasteiger partial charge in [-0.25, -0.2) is 9.97 Å². The SMILES string of the molecule is Cc1nc(CNC(C)c2cnc(C)s2)n[nH]1. The van der Waals surface area contributed by atoms with Crippen molar-refractivity contribution in [3.63, 3.8) is 0 Å². The van der Waals surface area contributed by atoms with Crippen LogP contribution in [0.2, 0.25) is 0 Å². The molecule has 1 unspecified atom stereocenters. The Kier molecular flexibility index (Phi) is 3.31. The summed E-state index contributed by atoms with van der Waals surface area (Å²) in [6.45, 7) is 6.70. The van der Waals surface area contributed by atoms with E-state index < -0.39 is 0 Å². The zero-order chi connectivity index (χ0) is 11.5. The number of hydrogen-bond acceptors (Lipinski definition) is 5. The summed E-state index contributed by atoms with van der Waals surface area (Å²) in [7, 11) is 0. The quantitative estimate of drug-likeness (QED) is 0.850. The summed E-state index contributed by atoms with van der Waals surface area (Å²) in [6.07, 6.45) is 1.92. The van der Waals surface area contributed by atoms with Gasteiger partial charge in [0.1, 0.15) is 5.82 Å². The molecule has 0 saturated heterocycles. The molecule has 0 amide bonds. The topological polar surface area (TPSA) is 66.5 Å². The molecule has 16 heavy (non-hydrogen) atoms. The van der Waals surface area contributed by atoms with E-state index >= 15 is 0 Å². The summed E-state index contributed by atoms with van der Waals surface area (Å²) in [5.41, 5.74) is 0. The molecular formula is C10H15N5S. The third-order valence-electron chi connectivity index (χ3n) is 2.28. The van der Waals surface area contributed by atoms with Gasteiger partial charge in [0, 0.05) is 17.1 Å². The second-order valence-corrected chi connectivity index (χ2v) is 4.99. The standard InChI is InChI=1S/C10H15N5S/c1-6(9-4-12-8(3)16-9)11-5-10-13-7(2)14-15-10/h4,6,11H,5H2,1-3H3,(H,13,14,15). The fraction of sp³-hybridized carbons (Fsp3) is 0.500. The predicted octanol–water partition coefficient (Wildman–Crippen LogP) is 1.73. The monoisotopic (exact) mass is 237 g/mol. The summed E-state index contributed by atoms with van der Waals surface area (Å²) in [4.78, 5) is 9.72. The van der Waals surface area contributed by atoms with Gasteiger partial charge in [0.05, 0.1) is 11.6 Å². The number of aromatic amines is 1. The Bertz CT molecular complexity index is 461. The summed E-state index contributed by atoms with van der Waals surface area (Å²) in [5, 5.41) is 11.4. The Morgan fingerprint density at radius 2 is 2.31 bits per heavy atom. The Morgan fingerprint density at radius 1 is 1.50 bits per heavy atom. The Labute approximate surface area is 98.3 Å². The molecule has 86 valence electrons. The number of aromatic nitrogens is 4. The van der Waals surface area contributed by atoms with Crippen LogP contribution in [-0.2, 0) is 6.54 Å². The molecule has 0 fully saturated rings.